The molecule has 0 amide bonds. The zero-order valence-electron chi connectivity index (χ0n) is 47.2. The van der Waals surface area contributed by atoms with E-state index in [4.69, 9.17) is 23.3 Å². The van der Waals surface area contributed by atoms with E-state index in [1.165, 1.54) is 180 Å². The summed E-state index contributed by atoms with van der Waals surface area (Å²) in [6, 6.07) is 0. The molecule has 0 aromatic rings. The Kier molecular flexibility index (Phi) is 54.1. The van der Waals surface area contributed by atoms with E-state index < -0.39 is 57.8 Å². The van der Waals surface area contributed by atoms with Gasteiger partial charge < -0.3 is 24.2 Å². The number of carbonyl (C=O) groups excluding carboxylic acids is 3. The number of hydrogen-bond acceptors (Lipinski definition) is 10. The second-order valence-electron chi connectivity index (χ2n) is 20.9. The molecule has 0 aromatic carbocycles. The maximum Gasteiger partial charge on any atom is 0.472 e. The number of carbonyl (C=O) groups is 3. The zero-order chi connectivity index (χ0) is 52.7. The molecule has 0 aliphatic rings. The first-order chi connectivity index (χ1) is 35.2. The van der Waals surface area contributed by atoms with Crippen LogP contribution in [0.25, 0.3) is 0 Å². The minimum atomic E-state index is -4.74. The van der Waals surface area contributed by atoms with Crippen LogP contribution in [-0.4, -0.2) is 66.5 Å². The molecule has 0 saturated heterocycles. The normalized spacial score (nSPS) is 13.3. The second-order valence-corrected chi connectivity index (χ2v) is 22.3. The maximum atomic E-state index is 12.9. The van der Waals surface area contributed by atoms with Crippen LogP contribution in [-0.2, 0) is 42.2 Å². The van der Waals surface area contributed by atoms with Crippen LogP contribution in [0.1, 0.15) is 316 Å². The van der Waals surface area contributed by atoms with Crippen molar-refractivity contribution < 1.29 is 52.2 Å². The fourth-order valence-electron chi connectivity index (χ4n) is 9.00. The van der Waals surface area contributed by atoms with Gasteiger partial charge >= 0.3 is 25.7 Å². The summed E-state index contributed by atoms with van der Waals surface area (Å²) in [7, 11) is -4.74. The number of rotatable bonds is 58. The number of ether oxygens (including phenoxy) is 3. The first-order valence-corrected chi connectivity index (χ1v) is 32.1. The molecule has 0 rings (SSSR count). The topological polar surface area (TPSA) is 155 Å². The van der Waals surface area contributed by atoms with E-state index in [2.05, 4.69) is 32.9 Å². The molecule has 12 heteroatoms. The molecule has 426 valence electrons. The minimum absolute atomic E-state index is 0.175. The quantitative estimate of drug-likeness (QED) is 0.0197. The van der Waals surface area contributed by atoms with Gasteiger partial charge in [-0.2, -0.15) is 0 Å². The number of phosphoric acid groups is 1. The fraction of sp³-hybridized carbons (Fsp3) is 0.917. The lowest BCUT2D eigenvalue weighted by atomic mass is 10.0. The van der Waals surface area contributed by atoms with E-state index in [0.717, 1.165) is 77.0 Å². The third kappa shape index (κ3) is 53.1. The Labute approximate surface area is 443 Å². The van der Waals surface area contributed by atoms with Crippen molar-refractivity contribution in [1.82, 2.24) is 0 Å². The van der Waals surface area contributed by atoms with E-state index >= 15 is 0 Å². The first kappa shape index (κ1) is 70.2. The van der Waals surface area contributed by atoms with Gasteiger partial charge in [-0.3, -0.25) is 23.4 Å². The van der Waals surface area contributed by atoms with E-state index in [0.29, 0.717) is 19.3 Å². The van der Waals surface area contributed by atoms with Crippen molar-refractivity contribution in [2.45, 2.75) is 328 Å². The molecule has 0 radical (unpaired) electrons. The molecule has 11 nitrogen and oxygen atoms in total. The summed E-state index contributed by atoms with van der Waals surface area (Å²) >= 11 is 0. The molecular weight excluding hydrogens is 928 g/mol. The van der Waals surface area contributed by atoms with Crippen LogP contribution in [0.5, 0.6) is 0 Å². The molecule has 0 aliphatic carbocycles. The highest BCUT2D eigenvalue weighted by molar-refractivity contribution is 7.47. The molecule has 0 fully saturated rings. The van der Waals surface area contributed by atoms with Gasteiger partial charge in [-0.15, -0.1) is 0 Å². The molecule has 0 aromatic heterocycles. The Morgan fingerprint density at radius 2 is 0.639 bits per heavy atom. The molecule has 0 bridgehead atoms. The van der Waals surface area contributed by atoms with Crippen LogP contribution in [0.4, 0.5) is 0 Å². The zero-order valence-corrected chi connectivity index (χ0v) is 48.1. The SMILES string of the molecule is CCCCCC/C=C\CCCCCCCC(=O)OCC(COP(=O)(O)OCC(CO)OC(=O)CCCCCCCCCCCCCCCCC)OC(=O)CCCCCCCCCCCCCCCCCCC. The summed E-state index contributed by atoms with van der Waals surface area (Å²) in [5.41, 5.74) is 0. The number of phosphoric ester groups is 1. The molecule has 0 heterocycles. The number of aliphatic hydroxyl groups excluding tert-OH is 1. The second kappa shape index (κ2) is 55.5. The average molecular weight is 1040 g/mol. The number of esters is 3. The highest BCUT2D eigenvalue weighted by Crippen LogP contribution is 2.43. The highest BCUT2D eigenvalue weighted by atomic mass is 31.2. The monoisotopic (exact) mass is 1040 g/mol. The summed E-state index contributed by atoms with van der Waals surface area (Å²) in [6.45, 7) is 4.70. The van der Waals surface area contributed by atoms with E-state index in [9.17, 15) is 28.9 Å². The van der Waals surface area contributed by atoms with Crippen molar-refractivity contribution in [2.24, 2.45) is 0 Å². The lowest BCUT2D eigenvalue weighted by molar-refractivity contribution is -0.161. The Morgan fingerprint density at radius 3 is 0.972 bits per heavy atom. The lowest BCUT2D eigenvalue weighted by Gasteiger charge is -2.21. The highest BCUT2D eigenvalue weighted by Gasteiger charge is 2.28. The molecular formula is C60H115O11P. The van der Waals surface area contributed by atoms with Crippen LogP contribution >= 0.6 is 7.82 Å². The fourth-order valence-corrected chi connectivity index (χ4v) is 9.78. The third-order valence-electron chi connectivity index (χ3n) is 13.7. The van der Waals surface area contributed by atoms with Crippen molar-refractivity contribution in [1.29, 1.82) is 0 Å². The van der Waals surface area contributed by atoms with Crippen LogP contribution in [0, 0.1) is 0 Å². The van der Waals surface area contributed by atoms with Gasteiger partial charge in [0.2, 0.25) is 0 Å². The molecule has 72 heavy (non-hydrogen) atoms. The van der Waals surface area contributed by atoms with Crippen molar-refractivity contribution >= 4 is 25.7 Å². The average Bonchev–Trinajstić information content (AvgIpc) is 3.37. The van der Waals surface area contributed by atoms with Crippen molar-refractivity contribution in [3.63, 3.8) is 0 Å². The minimum Gasteiger partial charge on any atom is -0.462 e. The lowest BCUT2D eigenvalue weighted by Crippen LogP contribution is -2.30. The van der Waals surface area contributed by atoms with Gasteiger partial charge in [0.15, 0.2) is 6.10 Å². The standard InChI is InChI=1S/C60H115O11P/c1-4-7-10-13-16-19-22-25-27-28-30-33-36-39-42-45-48-51-60(64)71-57(53-67-58(62)49-46-43-40-37-34-31-24-21-18-15-12-9-6-3)55-69-72(65,66)68-54-56(52-61)70-59(63)50-47-44-41-38-35-32-29-26-23-20-17-14-11-8-5-2/h21,24,56-57,61H,4-20,22-23,25-55H2,1-3H3,(H,65,66)/b24-21-. The third-order valence-corrected chi connectivity index (χ3v) is 14.6. The summed E-state index contributed by atoms with van der Waals surface area (Å²) in [6.07, 6.45) is 54.5. The molecule has 0 spiro atoms. The van der Waals surface area contributed by atoms with Gasteiger partial charge in [-0.05, 0) is 44.9 Å². The number of allylic oxidation sites excluding steroid dienone is 2. The predicted molar refractivity (Wildman–Crippen MR) is 298 cm³/mol. The van der Waals surface area contributed by atoms with E-state index in [1.54, 1.807) is 0 Å². The summed E-state index contributed by atoms with van der Waals surface area (Å²) < 4.78 is 39.6. The van der Waals surface area contributed by atoms with Gasteiger partial charge in [0.25, 0.3) is 0 Å². The summed E-state index contributed by atoms with van der Waals surface area (Å²) in [4.78, 5) is 48.6. The molecule has 3 atom stereocenters. The van der Waals surface area contributed by atoms with Gasteiger partial charge in [-0.1, -0.05) is 264 Å². The first-order valence-electron chi connectivity index (χ1n) is 30.6. The van der Waals surface area contributed by atoms with Crippen molar-refractivity contribution in [3.8, 4) is 0 Å². The van der Waals surface area contributed by atoms with Gasteiger partial charge in [0.05, 0.1) is 19.8 Å². The van der Waals surface area contributed by atoms with Crippen LogP contribution in [0.2, 0.25) is 0 Å². The Balaban J connectivity index is 4.64. The Morgan fingerprint density at radius 1 is 0.375 bits per heavy atom. The van der Waals surface area contributed by atoms with Crippen LogP contribution < -0.4 is 0 Å². The Hall–Kier alpha value is -1.78. The largest absolute Gasteiger partial charge is 0.472 e. The van der Waals surface area contributed by atoms with Crippen LogP contribution in [0.15, 0.2) is 12.2 Å². The number of aliphatic hydroxyl groups is 1. The van der Waals surface area contributed by atoms with Crippen LogP contribution in [0.3, 0.4) is 0 Å². The van der Waals surface area contributed by atoms with Gasteiger partial charge in [0, 0.05) is 19.3 Å². The van der Waals surface area contributed by atoms with Crippen molar-refractivity contribution in [3.05, 3.63) is 12.2 Å². The summed E-state index contributed by atoms with van der Waals surface area (Å²) in [5.74, 6) is -1.44. The van der Waals surface area contributed by atoms with Gasteiger partial charge in [0.1, 0.15) is 12.7 Å². The molecule has 3 unspecified atom stereocenters. The smallest absolute Gasteiger partial charge is 0.462 e. The number of hydrogen-bond donors (Lipinski definition) is 2. The molecule has 2 N–H and O–H groups in total. The number of unbranched alkanes of at least 4 members (excludes halogenated alkanes) is 39. The Bertz CT molecular complexity index is 1260. The molecule has 0 aliphatic heterocycles. The van der Waals surface area contributed by atoms with Gasteiger partial charge in [-0.25, -0.2) is 4.57 Å². The van der Waals surface area contributed by atoms with E-state index in [-0.39, 0.29) is 25.9 Å². The van der Waals surface area contributed by atoms with E-state index in [1.807, 2.05) is 0 Å². The predicted octanol–water partition coefficient (Wildman–Crippen LogP) is 18.0. The molecule has 0 saturated carbocycles. The summed E-state index contributed by atoms with van der Waals surface area (Å²) in [5, 5.41) is 9.82. The van der Waals surface area contributed by atoms with Crippen molar-refractivity contribution in [2.75, 3.05) is 26.4 Å². The maximum absolute atomic E-state index is 12.9.